The fourth-order valence-electron chi connectivity index (χ4n) is 2.12. The number of ether oxygens (including phenoxy) is 2. The summed E-state index contributed by atoms with van der Waals surface area (Å²) >= 11 is 0. The highest BCUT2D eigenvalue weighted by Gasteiger charge is 2.05. The van der Waals surface area contributed by atoms with Crippen LogP contribution >= 0.6 is 0 Å². The van der Waals surface area contributed by atoms with E-state index in [1.165, 1.54) is 38.5 Å². The predicted octanol–water partition coefficient (Wildman–Crippen LogP) is 4.05. The van der Waals surface area contributed by atoms with E-state index in [1.807, 2.05) is 6.92 Å². The molecular weight excluding hydrogens is 296 g/mol. The molecule has 1 unspecified atom stereocenters. The van der Waals surface area contributed by atoms with Crippen LogP contribution in [-0.2, 0) is 9.47 Å². The molecule has 2 nitrogen and oxygen atoms in total. The Kier molecular flexibility index (Phi) is 17.7. The molecule has 0 heterocycles. The van der Waals surface area contributed by atoms with Crippen LogP contribution in [0.1, 0.15) is 58.8 Å². The highest BCUT2D eigenvalue weighted by Crippen LogP contribution is 2.12. The van der Waals surface area contributed by atoms with E-state index in [9.17, 15) is 0 Å². The molecule has 0 rings (SSSR count). The maximum atomic E-state index is 5.66. The molecule has 0 amide bonds. The van der Waals surface area contributed by atoms with Gasteiger partial charge in [0, 0.05) is 12.5 Å². The van der Waals surface area contributed by atoms with Crippen LogP contribution < -0.4 is 0 Å². The summed E-state index contributed by atoms with van der Waals surface area (Å²) in [5, 5.41) is 0. The summed E-state index contributed by atoms with van der Waals surface area (Å²) in [5.74, 6) is 18.8. The Labute approximate surface area is 149 Å². The summed E-state index contributed by atoms with van der Waals surface area (Å²) in [6.45, 7) is 6.82. The van der Waals surface area contributed by atoms with Crippen molar-refractivity contribution in [1.82, 2.24) is 0 Å². The van der Waals surface area contributed by atoms with Gasteiger partial charge in [0.1, 0.15) is 0 Å². The van der Waals surface area contributed by atoms with Crippen molar-refractivity contribution in [2.45, 2.75) is 58.8 Å². The molecule has 0 aromatic heterocycles. The van der Waals surface area contributed by atoms with Crippen molar-refractivity contribution in [1.29, 1.82) is 0 Å². The average Bonchev–Trinajstić information content (AvgIpc) is 2.60. The van der Waals surface area contributed by atoms with Crippen molar-refractivity contribution in [3.63, 3.8) is 0 Å². The second kappa shape index (κ2) is 19.2. The molecule has 0 N–H and O–H groups in total. The van der Waals surface area contributed by atoms with Crippen LogP contribution in [0, 0.1) is 53.8 Å². The van der Waals surface area contributed by atoms with Gasteiger partial charge >= 0.3 is 0 Å². The lowest BCUT2D eigenvalue weighted by molar-refractivity contribution is 0.0432. The van der Waals surface area contributed by atoms with E-state index in [1.54, 1.807) is 0 Å². The molecule has 130 valence electrons. The van der Waals surface area contributed by atoms with Gasteiger partial charge in [0.25, 0.3) is 0 Å². The Morgan fingerprint density at radius 1 is 0.792 bits per heavy atom. The van der Waals surface area contributed by atoms with Crippen molar-refractivity contribution >= 4 is 0 Å². The molecule has 0 aliphatic rings. The second-order valence-electron chi connectivity index (χ2n) is 5.44. The van der Waals surface area contributed by atoms with Crippen LogP contribution in [0.5, 0.6) is 0 Å². The van der Waals surface area contributed by atoms with Crippen LogP contribution in [0.3, 0.4) is 0 Å². The zero-order valence-corrected chi connectivity index (χ0v) is 15.2. The highest BCUT2D eigenvalue weighted by molar-refractivity contribution is 5.39. The first-order valence-electron chi connectivity index (χ1n) is 8.96. The van der Waals surface area contributed by atoms with Gasteiger partial charge in [-0.15, -0.1) is 6.42 Å². The molecule has 0 saturated carbocycles. The van der Waals surface area contributed by atoms with Crippen LogP contribution in [0.15, 0.2) is 0 Å². The lowest BCUT2D eigenvalue weighted by Crippen LogP contribution is -2.12. The molecule has 0 saturated heterocycles. The van der Waals surface area contributed by atoms with Crippen molar-refractivity contribution in [3.05, 3.63) is 0 Å². The number of rotatable bonds is 13. The zero-order chi connectivity index (χ0) is 17.7. The summed E-state index contributed by atoms with van der Waals surface area (Å²) in [4.78, 5) is 0. The third-order valence-corrected chi connectivity index (χ3v) is 3.40. The van der Waals surface area contributed by atoms with E-state index in [0.29, 0.717) is 19.8 Å². The molecular formula is C22H30O2. The number of hydrogen-bond donors (Lipinski definition) is 0. The van der Waals surface area contributed by atoms with E-state index in [2.05, 4.69) is 48.4 Å². The normalized spacial score (nSPS) is 10.2. The van der Waals surface area contributed by atoms with E-state index < -0.39 is 0 Å². The lowest BCUT2D eigenvalue weighted by Gasteiger charge is -2.11. The molecule has 0 radical (unpaired) electrons. The van der Waals surface area contributed by atoms with Gasteiger partial charge in [0.15, 0.2) is 0 Å². The molecule has 0 fully saturated rings. The number of terminal acetylenes is 1. The fraction of sp³-hybridized carbons (Fsp3) is 0.636. The Hall–Kier alpha value is -1.84. The van der Waals surface area contributed by atoms with Crippen molar-refractivity contribution in [2.24, 2.45) is 5.92 Å². The zero-order valence-electron chi connectivity index (χ0n) is 15.2. The molecule has 0 aliphatic heterocycles. The maximum absolute atomic E-state index is 5.66. The Balaban J connectivity index is 4.20. The van der Waals surface area contributed by atoms with E-state index >= 15 is 0 Å². The Bertz CT molecular complexity index is 508. The summed E-state index contributed by atoms with van der Waals surface area (Å²) in [5.41, 5.74) is 0. The average molecular weight is 326 g/mol. The maximum Gasteiger partial charge on any atom is 0.0701 e. The van der Waals surface area contributed by atoms with Crippen LogP contribution in [0.25, 0.3) is 0 Å². The van der Waals surface area contributed by atoms with Crippen LogP contribution in [-0.4, -0.2) is 26.4 Å². The second-order valence-corrected chi connectivity index (χ2v) is 5.44. The lowest BCUT2D eigenvalue weighted by atomic mass is 10.0. The van der Waals surface area contributed by atoms with Gasteiger partial charge in [-0.25, -0.2) is 0 Å². The molecule has 0 aromatic carbocycles. The quantitative estimate of drug-likeness (QED) is 0.375. The third-order valence-electron chi connectivity index (χ3n) is 3.40. The molecule has 24 heavy (non-hydrogen) atoms. The summed E-state index contributed by atoms with van der Waals surface area (Å²) in [7, 11) is 0. The minimum atomic E-state index is 0.215. The van der Waals surface area contributed by atoms with Gasteiger partial charge in [0.2, 0.25) is 0 Å². The standard InChI is InChI=1S/C22H30O2/c1-4-7-9-11-13-15-17-22(21-24-20-19-23-6-3)18-16-14-12-10-8-5-2/h1,22H,5-6,8,10,12,14,16,18-21H2,2-3H3. The molecule has 0 aromatic rings. The van der Waals surface area contributed by atoms with Crippen molar-refractivity contribution in [3.8, 4) is 47.9 Å². The minimum Gasteiger partial charge on any atom is -0.379 e. The highest BCUT2D eigenvalue weighted by atomic mass is 16.5. The fourth-order valence-corrected chi connectivity index (χ4v) is 2.12. The molecule has 1 atom stereocenters. The van der Waals surface area contributed by atoms with Gasteiger partial charge in [0.05, 0.1) is 19.8 Å². The van der Waals surface area contributed by atoms with Crippen LogP contribution in [0.4, 0.5) is 0 Å². The monoisotopic (exact) mass is 326 g/mol. The Morgan fingerprint density at radius 3 is 2.21 bits per heavy atom. The first-order chi connectivity index (χ1) is 11.8. The molecule has 0 spiro atoms. The summed E-state index contributed by atoms with van der Waals surface area (Å²) in [6, 6.07) is 0. The van der Waals surface area contributed by atoms with Gasteiger partial charge in [-0.05, 0) is 48.9 Å². The minimum absolute atomic E-state index is 0.215. The van der Waals surface area contributed by atoms with Crippen molar-refractivity contribution in [2.75, 3.05) is 26.4 Å². The van der Waals surface area contributed by atoms with Crippen molar-refractivity contribution < 1.29 is 9.47 Å². The molecule has 0 aliphatic carbocycles. The smallest absolute Gasteiger partial charge is 0.0701 e. The Morgan fingerprint density at radius 2 is 1.46 bits per heavy atom. The summed E-state index contributed by atoms with van der Waals surface area (Å²) in [6.07, 6.45) is 13.8. The first-order valence-corrected chi connectivity index (χ1v) is 8.96. The van der Waals surface area contributed by atoms with E-state index in [0.717, 1.165) is 13.0 Å². The topological polar surface area (TPSA) is 18.5 Å². The molecule has 2 heteroatoms. The predicted molar refractivity (Wildman–Crippen MR) is 101 cm³/mol. The number of hydrogen-bond acceptors (Lipinski definition) is 2. The van der Waals surface area contributed by atoms with E-state index in [4.69, 9.17) is 15.9 Å². The van der Waals surface area contributed by atoms with E-state index in [-0.39, 0.29) is 5.92 Å². The molecule has 0 bridgehead atoms. The first kappa shape index (κ1) is 22.2. The van der Waals surface area contributed by atoms with Gasteiger partial charge in [-0.2, -0.15) is 0 Å². The van der Waals surface area contributed by atoms with Gasteiger partial charge in [-0.1, -0.05) is 51.4 Å². The SMILES string of the molecule is C#CC#CC#CC#CC(CCCCCCCC)COCCOCC. The number of unbranched alkanes of at least 4 members (excludes halogenated alkanes) is 5. The van der Waals surface area contributed by atoms with Gasteiger partial charge < -0.3 is 9.47 Å². The summed E-state index contributed by atoms with van der Waals surface area (Å²) < 4.78 is 10.9. The van der Waals surface area contributed by atoms with Crippen LogP contribution in [0.2, 0.25) is 0 Å². The third kappa shape index (κ3) is 16.5. The van der Waals surface area contributed by atoms with Gasteiger partial charge in [-0.3, -0.25) is 0 Å². The largest absolute Gasteiger partial charge is 0.379 e.